The van der Waals surface area contributed by atoms with Crippen LogP contribution in [0.2, 0.25) is 0 Å². The Morgan fingerprint density at radius 2 is 1.89 bits per heavy atom. The average Bonchev–Trinajstić information content (AvgIpc) is 2.33. The van der Waals surface area contributed by atoms with Crippen molar-refractivity contribution < 1.29 is 17.9 Å². The molecule has 0 atom stereocenters. The number of unbranched alkanes of at least 4 members (excludes halogenated alkanes) is 1. The SMILES string of the molecule is COCCCCN(CC(F)(F)F)C1CCNCC1. The highest BCUT2D eigenvalue weighted by Gasteiger charge is 2.33. The van der Waals surface area contributed by atoms with Crippen molar-refractivity contribution in [3.05, 3.63) is 0 Å². The van der Waals surface area contributed by atoms with E-state index >= 15 is 0 Å². The van der Waals surface area contributed by atoms with Gasteiger partial charge in [0.1, 0.15) is 0 Å². The third kappa shape index (κ3) is 6.56. The molecule has 0 radical (unpaired) electrons. The van der Waals surface area contributed by atoms with Crippen molar-refractivity contribution in [3.8, 4) is 0 Å². The maximum Gasteiger partial charge on any atom is 0.401 e. The lowest BCUT2D eigenvalue weighted by molar-refractivity contribution is -0.152. The van der Waals surface area contributed by atoms with Gasteiger partial charge in [0, 0.05) is 19.8 Å². The fourth-order valence-electron chi connectivity index (χ4n) is 2.35. The lowest BCUT2D eigenvalue weighted by Crippen LogP contribution is -2.47. The van der Waals surface area contributed by atoms with E-state index in [1.165, 1.54) is 0 Å². The molecule has 18 heavy (non-hydrogen) atoms. The second-order valence-electron chi connectivity index (χ2n) is 4.77. The maximum absolute atomic E-state index is 12.6. The monoisotopic (exact) mass is 268 g/mol. The van der Waals surface area contributed by atoms with Crippen LogP contribution in [0.1, 0.15) is 25.7 Å². The third-order valence-corrected chi connectivity index (χ3v) is 3.25. The van der Waals surface area contributed by atoms with Gasteiger partial charge in [-0.2, -0.15) is 13.2 Å². The molecule has 0 aliphatic carbocycles. The molecule has 1 heterocycles. The first-order chi connectivity index (χ1) is 8.53. The van der Waals surface area contributed by atoms with Gasteiger partial charge in [-0.15, -0.1) is 0 Å². The molecule has 1 N–H and O–H groups in total. The molecule has 1 rings (SSSR count). The van der Waals surface area contributed by atoms with Crippen molar-refractivity contribution in [1.82, 2.24) is 10.2 Å². The van der Waals surface area contributed by atoms with Gasteiger partial charge in [-0.1, -0.05) is 0 Å². The Morgan fingerprint density at radius 3 is 2.44 bits per heavy atom. The third-order valence-electron chi connectivity index (χ3n) is 3.25. The predicted molar refractivity (Wildman–Crippen MR) is 64.6 cm³/mol. The standard InChI is InChI=1S/C12H23F3N2O/c1-18-9-3-2-8-17(10-12(13,14)15)11-4-6-16-7-5-11/h11,16H,2-10H2,1H3. The molecule has 6 heteroatoms. The Bertz CT molecular complexity index is 218. The van der Waals surface area contributed by atoms with Gasteiger partial charge in [0.25, 0.3) is 0 Å². The van der Waals surface area contributed by atoms with Gasteiger partial charge < -0.3 is 10.1 Å². The van der Waals surface area contributed by atoms with Crippen molar-refractivity contribution in [2.24, 2.45) is 0 Å². The Morgan fingerprint density at radius 1 is 1.22 bits per heavy atom. The van der Waals surface area contributed by atoms with Crippen molar-refractivity contribution in [2.75, 3.05) is 39.9 Å². The van der Waals surface area contributed by atoms with Gasteiger partial charge in [-0.05, 0) is 45.3 Å². The molecule has 0 aromatic rings. The molecule has 3 nitrogen and oxygen atoms in total. The minimum atomic E-state index is -4.11. The summed E-state index contributed by atoms with van der Waals surface area (Å²) in [5.74, 6) is 0. The van der Waals surface area contributed by atoms with Gasteiger partial charge in [0.05, 0.1) is 6.54 Å². The van der Waals surface area contributed by atoms with Gasteiger partial charge >= 0.3 is 6.18 Å². The first kappa shape index (κ1) is 15.7. The van der Waals surface area contributed by atoms with Gasteiger partial charge in [0.15, 0.2) is 0 Å². The number of halogens is 3. The molecule has 0 amide bonds. The zero-order valence-corrected chi connectivity index (χ0v) is 10.9. The molecule has 108 valence electrons. The first-order valence-electron chi connectivity index (χ1n) is 6.53. The van der Waals surface area contributed by atoms with Crippen molar-refractivity contribution >= 4 is 0 Å². The van der Waals surface area contributed by atoms with E-state index in [1.807, 2.05) is 0 Å². The molecule has 0 saturated carbocycles. The summed E-state index contributed by atoms with van der Waals surface area (Å²) in [5.41, 5.74) is 0. The van der Waals surface area contributed by atoms with Crippen LogP contribution in [0.5, 0.6) is 0 Å². The first-order valence-corrected chi connectivity index (χ1v) is 6.53. The Balaban J connectivity index is 2.40. The summed E-state index contributed by atoms with van der Waals surface area (Å²) < 4.78 is 42.6. The maximum atomic E-state index is 12.6. The Labute approximate surface area is 107 Å². The molecule has 1 saturated heterocycles. The van der Waals surface area contributed by atoms with Gasteiger partial charge in [-0.25, -0.2) is 0 Å². The summed E-state index contributed by atoms with van der Waals surface area (Å²) >= 11 is 0. The van der Waals surface area contributed by atoms with Crippen LogP contribution in [0.25, 0.3) is 0 Å². The summed E-state index contributed by atoms with van der Waals surface area (Å²) in [7, 11) is 1.61. The fourth-order valence-corrected chi connectivity index (χ4v) is 2.35. The lowest BCUT2D eigenvalue weighted by Gasteiger charge is -2.35. The molecular formula is C12H23F3N2O. The van der Waals surface area contributed by atoms with Crippen LogP contribution in [0.4, 0.5) is 13.2 Å². The predicted octanol–water partition coefficient (Wildman–Crippen LogP) is 2.03. The largest absolute Gasteiger partial charge is 0.401 e. The van der Waals surface area contributed by atoms with Crippen LogP contribution in [-0.2, 0) is 4.74 Å². The molecule has 1 fully saturated rings. The highest BCUT2D eigenvalue weighted by Crippen LogP contribution is 2.21. The zero-order chi connectivity index (χ0) is 13.4. The van der Waals surface area contributed by atoms with Gasteiger partial charge in [0.2, 0.25) is 0 Å². The summed E-state index contributed by atoms with van der Waals surface area (Å²) in [4.78, 5) is 1.59. The van der Waals surface area contributed by atoms with Crippen LogP contribution >= 0.6 is 0 Å². The number of piperidine rings is 1. The number of nitrogens with one attached hydrogen (secondary N) is 1. The van der Waals surface area contributed by atoms with E-state index in [0.717, 1.165) is 38.8 Å². The van der Waals surface area contributed by atoms with E-state index in [0.29, 0.717) is 13.2 Å². The minimum Gasteiger partial charge on any atom is -0.385 e. The highest BCUT2D eigenvalue weighted by molar-refractivity contribution is 4.79. The molecule has 0 aromatic carbocycles. The minimum absolute atomic E-state index is 0.0652. The van der Waals surface area contributed by atoms with Crippen molar-refractivity contribution in [2.45, 2.75) is 37.9 Å². The van der Waals surface area contributed by atoms with Crippen LogP contribution in [-0.4, -0.2) is 57.0 Å². The molecule has 0 spiro atoms. The number of hydrogen-bond acceptors (Lipinski definition) is 3. The van der Waals surface area contributed by atoms with Crippen LogP contribution in [0.15, 0.2) is 0 Å². The molecule has 0 aromatic heterocycles. The molecular weight excluding hydrogens is 245 g/mol. The number of ether oxygens (including phenoxy) is 1. The average molecular weight is 268 g/mol. The highest BCUT2D eigenvalue weighted by atomic mass is 19.4. The van der Waals surface area contributed by atoms with Crippen LogP contribution in [0.3, 0.4) is 0 Å². The molecule has 1 aliphatic rings. The second kappa shape index (κ2) is 7.96. The Hall–Kier alpha value is -0.330. The van der Waals surface area contributed by atoms with Crippen LogP contribution in [0, 0.1) is 0 Å². The van der Waals surface area contributed by atoms with E-state index < -0.39 is 12.7 Å². The number of methoxy groups -OCH3 is 1. The van der Waals surface area contributed by atoms with Gasteiger partial charge in [-0.3, -0.25) is 4.90 Å². The number of nitrogens with zero attached hydrogens (tertiary/aromatic N) is 1. The molecule has 0 unspecified atom stereocenters. The number of alkyl halides is 3. The summed E-state index contributed by atoms with van der Waals surface area (Å²) in [6, 6.07) is 0.0652. The van der Waals surface area contributed by atoms with Crippen molar-refractivity contribution in [1.29, 1.82) is 0 Å². The summed E-state index contributed by atoms with van der Waals surface area (Å²) in [6.45, 7) is 1.97. The molecule has 1 aliphatic heterocycles. The fraction of sp³-hybridized carbons (Fsp3) is 1.00. The lowest BCUT2D eigenvalue weighted by atomic mass is 10.0. The van der Waals surface area contributed by atoms with Crippen molar-refractivity contribution in [3.63, 3.8) is 0 Å². The quantitative estimate of drug-likeness (QED) is 0.715. The molecule has 0 bridgehead atoms. The number of rotatable bonds is 7. The topological polar surface area (TPSA) is 24.5 Å². The van der Waals surface area contributed by atoms with E-state index in [2.05, 4.69) is 5.32 Å². The van der Waals surface area contributed by atoms with E-state index in [9.17, 15) is 13.2 Å². The Kier molecular flexibility index (Phi) is 6.96. The smallest absolute Gasteiger partial charge is 0.385 e. The summed E-state index contributed by atoms with van der Waals surface area (Å²) in [6.07, 6.45) is -0.920. The summed E-state index contributed by atoms with van der Waals surface area (Å²) in [5, 5.41) is 3.18. The zero-order valence-electron chi connectivity index (χ0n) is 10.9. The van der Waals surface area contributed by atoms with E-state index in [4.69, 9.17) is 4.74 Å². The normalized spacial score (nSPS) is 18.5. The van der Waals surface area contributed by atoms with E-state index in [1.54, 1.807) is 12.0 Å². The van der Waals surface area contributed by atoms with Crippen LogP contribution < -0.4 is 5.32 Å². The number of hydrogen-bond donors (Lipinski definition) is 1. The van der Waals surface area contributed by atoms with E-state index in [-0.39, 0.29) is 6.04 Å². The second-order valence-corrected chi connectivity index (χ2v) is 4.77.